The molecule has 1 aromatic rings. The first-order chi connectivity index (χ1) is 5.24. The fourth-order valence-electron chi connectivity index (χ4n) is 0.659. The fourth-order valence-corrected chi connectivity index (χ4v) is 1.10. The highest BCUT2D eigenvalue weighted by molar-refractivity contribution is 9.10. The minimum Gasteiger partial charge on any atom is -0.303 e. The molecule has 1 heterocycles. The van der Waals surface area contributed by atoms with Gasteiger partial charge >= 0.3 is 0 Å². The van der Waals surface area contributed by atoms with Gasteiger partial charge in [-0.2, -0.15) is 0 Å². The molecule has 1 rings (SSSR count). The molecular weight excluding hydrogens is 212 g/mol. The molecule has 11 heavy (non-hydrogen) atoms. The molecule has 0 atom stereocenters. The number of hydrogen-bond acceptors (Lipinski definition) is 4. The van der Waals surface area contributed by atoms with E-state index in [9.17, 15) is 4.91 Å². The Morgan fingerprint density at radius 3 is 3.00 bits per heavy atom. The van der Waals surface area contributed by atoms with E-state index in [1.807, 2.05) is 0 Å². The van der Waals surface area contributed by atoms with Crippen LogP contribution in [-0.4, -0.2) is 4.98 Å². The highest BCUT2D eigenvalue weighted by Gasteiger charge is 2.00. The lowest BCUT2D eigenvalue weighted by Gasteiger charge is -1.98. The van der Waals surface area contributed by atoms with Gasteiger partial charge in [-0.05, 0) is 28.9 Å². The van der Waals surface area contributed by atoms with Gasteiger partial charge in [0.25, 0.3) is 5.88 Å². The van der Waals surface area contributed by atoms with Crippen molar-refractivity contribution >= 4 is 15.9 Å². The maximum atomic E-state index is 9.69. The van der Waals surface area contributed by atoms with E-state index in [-0.39, 0.29) is 5.88 Å². The third-order valence-corrected chi connectivity index (χ3v) is 1.55. The van der Waals surface area contributed by atoms with Gasteiger partial charge in [0, 0.05) is 16.2 Å². The number of aromatic nitrogens is 1. The van der Waals surface area contributed by atoms with Crippen molar-refractivity contribution in [2.75, 3.05) is 0 Å². The van der Waals surface area contributed by atoms with Crippen molar-refractivity contribution in [3.63, 3.8) is 0 Å². The SMILES string of the molecule is Cc1cc(Br)cnc1ON=O. The molecule has 0 N–H and O–H groups in total. The van der Waals surface area contributed by atoms with Crippen LogP contribution in [0.4, 0.5) is 0 Å². The van der Waals surface area contributed by atoms with Crippen LogP contribution in [0, 0.1) is 11.8 Å². The van der Waals surface area contributed by atoms with Crippen LogP contribution in [0.25, 0.3) is 0 Å². The topological polar surface area (TPSA) is 51.6 Å². The summed E-state index contributed by atoms with van der Waals surface area (Å²) in [6, 6.07) is 1.79. The summed E-state index contributed by atoms with van der Waals surface area (Å²) in [5.74, 6) is 0.239. The molecular formula is C6H5BrN2O2. The van der Waals surface area contributed by atoms with Gasteiger partial charge in [0.15, 0.2) is 5.34 Å². The Morgan fingerprint density at radius 2 is 2.45 bits per heavy atom. The number of rotatable bonds is 2. The third-order valence-electron chi connectivity index (χ3n) is 1.12. The van der Waals surface area contributed by atoms with Gasteiger partial charge in [0.2, 0.25) is 0 Å². The summed E-state index contributed by atoms with van der Waals surface area (Å²) in [4.78, 5) is 17.8. The zero-order chi connectivity index (χ0) is 8.27. The van der Waals surface area contributed by atoms with E-state index in [1.54, 1.807) is 13.0 Å². The molecule has 0 aromatic carbocycles. The Balaban J connectivity index is 2.98. The molecule has 0 saturated heterocycles. The second-order valence-electron chi connectivity index (χ2n) is 1.94. The Morgan fingerprint density at radius 1 is 1.73 bits per heavy atom. The van der Waals surface area contributed by atoms with Crippen molar-refractivity contribution in [3.05, 3.63) is 27.2 Å². The van der Waals surface area contributed by atoms with Crippen molar-refractivity contribution in [1.82, 2.24) is 4.98 Å². The average molecular weight is 217 g/mol. The first-order valence-electron chi connectivity index (χ1n) is 2.86. The highest BCUT2D eigenvalue weighted by Crippen LogP contribution is 2.18. The van der Waals surface area contributed by atoms with Crippen LogP contribution in [0.1, 0.15) is 5.56 Å². The van der Waals surface area contributed by atoms with Gasteiger partial charge in [0.05, 0.1) is 0 Å². The fraction of sp³-hybridized carbons (Fsp3) is 0.167. The zero-order valence-electron chi connectivity index (χ0n) is 5.74. The van der Waals surface area contributed by atoms with Gasteiger partial charge in [-0.1, -0.05) is 0 Å². The average Bonchev–Trinajstić information content (AvgIpc) is 1.95. The molecule has 58 valence electrons. The van der Waals surface area contributed by atoms with Crippen LogP contribution in [0.15, 0.2) is 22.1 Å². The van der Waals surface area contributed by atoms with Crippen molar-refractivity contribution in [1.29, 1.82) is 0 Å². The molecule has 0 saturated carbocycles. The van der Waals surface area contributed by atoms with E-state index in [4.69, 9.17) is 0 Å². The van der Waals surface area contributed by atoms with Crippen LogP contribution < -0.4 is 4.84 Å². The number of pyridine rings is 1. The van der Waals surface area contributed by atoms with Crippen molar-refractivity contribution in [3.8, 4) is 5.88 Å². The summed E-state index contributed by atoms with van der Waals surface area (Å²) in [5, 5.41) is 2.27. The maximum absolute atomic E-state index is 9.69. The zero-order valence-corrected chi connectivity index (χ0v) is 7.33. The first-order valence-corrected chi connectivity index (χ1v) is 3.65. The summed E-state index contributed by atoms with van der Waals surface area (Å²) >= 11 is 3.22. The van der Waals surface area contributed by atoms with E-state index < -0.39 is 0 Å². The summed E-state index contributed by atoms with van der Waals surface area (Å²) in [6.07, 6.45) is 1.54. The van der Waals surface area contributed by atoms with E-state index >= 15 is 0 Å². The molecule has 0 amide bonds. The Labute approximate surface area is 71.6 Å². The minimum absolute atomic E-state index is 0.239. The Kier molecular flexibility index (Phi) is 2.53. The predicted octanol–water partition coefficient (Wildman–Crippen LogP) is 2.21. The summed E-state index contributed by atoms with van der Waals surface area (Å²) < 4.78 is 0.841. The van der Waals surface area contributed by atoms with E-state index in [1.165, 1.54) is 6.20 Å². The largest absolute Gasteiger partial charge is 0.303 e. The maximum Gasteiger partial charge on any atom is 0.255 e. The van der Waals surface area contributed by atoms with Gasteiger partial charge < -0.3 is 4.84 Å². The lowest BCUT2D eigenvalue weighted by atomic mass is 10.3. The Bertz CT molecular complexity index is 277. The molecule has 4 nitrogen and oxygen atoms in total. The summed E-state index contributed by atoms with van der Waals surface area (Å²) in [5.41, 5.74) is 0.763. The first kappa shape index (κ1) is 8.13. The van der Waals surface area contributed by atoms with Gasteiger partial charge in [-0.3, -0.25) is 0 Å². The van der Waals surface area contributed by atoms with E-state index in [0.717, 1.165) is 10.0 Å². The number of aryl methyl sites for hydroxylation is 1. The molecule has 0 unspecified atom stereocenters. The molecule has 0 radical (unpaired) electrons. The molecule has 0 aliphatic carbocycles. The highest BCUT2D eigenvalue weighted by atomic mass is 79.9. The minimum atomic E-state index is 0.239. The van der Waals surface area contributed by atoms with E-state index in [0.29, 0.717) is 0 Å². The monoisotopic (exact) mass is 216 g/mol. The molecule has 0 aliphatic heterocycles. The van der Waals surface area contributed by atoms with Crippen molar-refractivity contribution in [2.45, 2.75) is 6.92 Å². The summed E-state index contributed by atoms with van der Waals surface area (Å²) in [6.45, 7) is 1.78. The van der Waals surface area contributed by atoms with Crippen LogP contribution in [0.5, 0.6) is 5.88 Å². The van der Waals surface area contributed by atoms with E-state index in [2.05, 4.69) is 31.1 Å². The molecule has 0 fully saturated rings. The van der Waals surface area contributed by atoms with Crippen LogP contribution in [-0.2, 0) is 0 Å². The second kappa shape index (κ2) is 3.43. The quantitative estimate of drug-likeness (QED) is 0.563. The lowest BCUT2D eigenvalue weighted by Crippen LogP contribution is -1.88. The number of halogens is 1. The van der Waals surface area contributed by atoms with Crippen molar-refractivity contribution in [2.24, 2.45) is 5.34 Å². The van der Waals surface area contributed by atoms with Crippen LogP contribution in [0.3, 0.4) is 0 Å². The Hall–Kier alpha value is -0.970. The number of nitrogens with zero attached hydrogens (tertiary/aromatic N) is 2. The summed E-state index contributed by atoms with van der Waals surface area (Å²) in [7, 11) is 0. The second-order valence-corrected chi connectivity index (χ2v) is 2.86. The molecule has 0 bridgehead atoms. The van der Waals surface area contributed by atoms with Gasteiger partial charge in [-0.15, -0.1) is 4.91 Å². The molecule has 5 heteroatoms. The third kappa shape index (κ3) is 1.98. The van der Waals surface area contributed by atoms with Crippen LogP contribution in [0.2, 0.25) is 0 Å². The van der Waals surface area contributed by atoms with Gasteiger partial charge in [0.1, 0.15) is 0 Å². The molecule has 0 aliphatic rings. The predicted molar refractivity (Wildman–Crippen MR) is 43.1 cm³/mol. The lowest BCUT2D eigenvalue weighted by molar-refractivity contribution is 0.318. The van der Waals surface area contributed by atoms with Crippen LogP contribution >= 0.6 is 15.9 Å². The molecule has 0 spiro atoms. The molecule has 1 aromatic heterocycles. The standard InChI is InChI=1S/C6H5BrN2O2/c1-4-2-5(7)3-8-6(4)11-9-10/h2-3H,1H3. The van der Waals surface area contributed by atoms with Gasteiger partial charge in [-0.25, -0.2) is 4.98 Å². The van der Waals surface area contributed by atoms with Crippen molar-refractivity contribution < 1.29 is 4.84 Å². The normalized spacial score (nSPS) is 9.27. The number of hydrogen-bond donors (Lipinski definition) is 0. The smallest absolute Gasteiger partial charge is 0.255 e.